The Labute approximate surface area is 158 Å². The highest BCUT2D eigenvalue weighted by molar-refractivity contribution is 6.00. The number of nitrogens with zero attached hydrogens (tertiary/aromatic N) is 1. The molecule has 6 nitrogen and oxygen atoms in total. The van der Waals surface area contributed by atoms with Crippen LogP contribution in [0.2, 0.25) is 0 Å². The smallest absolute Gasteiger partial charge is 0.231 e. The number of anilines is 1. The first-order chi connectivity index (χ1) is 13.1. The van der Waals surface area contributed by atoms with Gasteiger partial charge in [0.2, 0.25) is 18.6 Å². The van der Waals surface area contributed by atoms with Crippen LogP contribution in [-0.4, -0.2) is 25.2 Å². The molecule has 0 aromatic heterocycles. The number of benzene rings is 2. The Morgan fingerprint density at radius 2 is 2.00 bits per heavy atom. The fraction of sp³-hybridized carbons (Fsp3) is 0.333. The maximum Gasteiger partial charge on any atom is 0.231 e. The van der Waals surface area contributed by atoms with Crippen LogP contribution in [-0.2, 0) is 22.6 Å². The summed E-state index contributed by atoms with van der Waals surface area (Å²) >= 11 is 0. The van der Waals surface area contributed by atoms with E-state index >= 15 is 0 Å². The first-order valence-electron chi connectivity index (χ1n) is 9.19. The van der Waals surface area contributed by atoms with Crippen LogP contribution in [0.25, 0.3) is 0 Å². The molecule has 6 heteroatoms. The van der Waals surface area contributed by atoms with Crippen molar-refractivity contribution in [1.29, 1.82) is 0 Å². The van der Waals surface area contributed by atoms with Crippen LogP contribution in [0.4, 0.5) is 5.69 Å². The lowest BCUT2D eigenvalue weighted by Crippen LogP contribution is -2.32. The van der Waals surface area contributed by atoms with Crippen molar-refractivity contribution in [3.63, 3.8) is 0 Å². The maximum absolute atomic E-state index is 12.6. The van der Waals surface area contributed by atoms with Gasteiger partial charge in [-0.05, 0) is 41.8 Å². The summed E-state index contributed by atoms with van der Waals surface area (Å²) in [5, 5.41) is 2.93. The Morgan fingerprint density at radius 1 is 1.15 bits per heavy atom. The molecular formula is C21H22N2O4. The predicted octanol–water partition coefficient (Wildman–Crippen LogP) is 2.65. The molecule has 0 unspecified atom stereocenters. The van der Waals surface area contributed by atoms with Gasteiger partial charge in [0.25, 0.3) is 0 Å². The maximum atomic E-state index is 12.6. The molecule has 1 N–H and O–H groups in total. The van der Waals surface area contributed by atoms with Gasteiger partial charge < -0.3 is 19.7 Å². The first kappa shape index (κ1) is 17.4. The van der Waals surface area contributed by atoms with Gasteiger partial charge in [0, 0.05) is 25.2 Å². The molecule has 0 spiro atoms. The van der Waals surface area contributed by atoms with Crippen molar-refractivity contribution in [1.82, 2.24) is 5.32 Å². The van der Waals surface area contributed by atoms with Crippen molar-refractivity contribution in [2.24, 2.45) is 5.92 Å². The Balaban J connectivity index is 1.37. The van der Waals surface area contributed by atoms with E-state index in [0.717, 1.165) is 23.4 Å². The van der Waals surface area contributed by atoms with Crippen molar-refractivity contribution in [2.45, 2.75) is 26.3 Å². The van der Waals surface area contributed by atoms with Crippen LogP contribution in [0, 0.1) is 5.92 Å². The number of rotatable bonds is 5. The third-order valence-corrected chi connectivity index (χ3v) is 5.03. The van der Waals surface area contributed by atoms with E-state index in [0.29, 0.717) is 18.8 Å². The van der Waals surface area contributed by atoms with Gasteiger partial charge in [-0.1, -0.05) is 25.1 Å². The molecule has 1 saturated heterocycles. The van der Waals surface area contributed by atoms with Gasteiger partial charge in [-0.2, -0.15) is 0 Å². The highest BCUT2D eigenvalue weighted by atomic mass is 16.7. The van der Waals surface area contributed by atoms with E-state index in [9.17, 15) is 9.59 Å². The number of hydrogen-bond acceptors (Lipinski definition) is 4. The van der Waals surface area contributed by atoms with Gasteiger partial charge in [0.1, 0.15) is 0 Å². The lowest BCUT2D eigenvalue weighted by atomic mass is 10.1. The zero-order valence-electron chi connectivity index (χ0n) is 15.2. The summed E-state index contributed by atoms with van der Waals surface area (Å²) in [6.07, 6.45) is 1.15. The molecule has 4 rings (SSSR count). The quantitative estimate of drug-likeness (QED) is 0.883. The van der Waals surface area contributed by atoms with Crippen molar-refractivity contribution >= 4 is 17.5 Å². The monoisotopic (exact) mass is 366 g/mol. The van der Waals surface area contributed by atoms with Gasteiger partial charge in [-0.15, -0.1) is 0 Å². The van der Waals surface area contributed by atoms with E-state index in [4.69, 9.17) is 9.47 Å². The molecule has 2 aromatic carbocycles. The molecule has 2 amide bonds. The third kappa shape index (κ3) is 3.60. The van der Waals surface area contributed by atoms with Gasteiger partial charge >= 0.3 is 0 Å². The second kappa shape index (κ2) is 7.31. The van der Waals surface area contributed by atoms with Crippen LogP contribution in [0.1, 0.15) is 24.5 Å². The molecule has 1 atom stereocenters. The van der Waals surface area contributed by atoms with E-state index in [1.54, 1.807) is 4.90 Å². The summed E-state index contributed by atoms with van der Waals surface area (Å²) in [5.41, 5.74) is 2.98. The topological polar surface area (TPSA) is 67.9 Å². The number of nitrogens with one attached hydrogen (secondary N) is 1. The molecule has 0 radical (unpaired) electrons. The molecule has 2 aliphatic rings. The predicted molar refractivity (Wildman–Crippen MR) is 101 cm³/mol. The summed E-state index contributed by atoms with van der Waals surface area (Å²) in [6.45, 7) is 3.12. The number of ether oxygens (including phenoxy) is 2. The van der Waals surface area contributed by atoms with Crippen LogP contribution in [0.3, 0.4) is 0 Å². The molecule has 0 aliphatic carbocycles. The first-order valence-corrected chi connectivity index (χ1v) is 9.19. The molecule has 0 saturated carbocycles. The van der Waals surface area contributed by atoms with Crippen molar-refractivity contribution in [3.05, 3.63) is 53.6 Å². The average Bonchev–Trinajstić information content (AvgIpc) is 3.32. The number of carbonyl (C=O) groups is 2. The zero-order valence-corrected chi connectivity index (χ0v) is 15.2. The molecule has 27 heavy (non-hydrogen) atoms. The van der Waals surface area contributed by atoms with Crippen LogP contribution in [0.5, 0.6) is 11.5 Å². The summed E-state index contributed by atoms with van der Waals surface area (Å²) < 4.78 is 10.6. The second-order valence-electron chi connectivity index (χ2n) is 6.83. The minimum atomic E-state index is -0.336. The molecular weight excluding hydrogens is 344 g/mol. The van der Waals surface area contributed by atoms with E-state index < -0.39 is 0 Å². The van der Waals surface area contributed by atoms with Crippen molar-refractivity contribution in [3.8, 4) is 11.5 Å². The fourth-order valence-corrected chi connectivity index (χ4v) is 3.46. The fourth-order valence-electron chi connectivity index (χ4n) is 3.46. The Morgan fingerprint density at radius 3 is 2.85 bits per heavy atom. The summed E-state index contributed by atoms with van der Waals surface area (Å²) in [6, 6.07) is 13.5. The van der Waals surface area contributed by atoms with Crippen LogP contribution in [0.15, 0.2) is 42.5 Å². The third-order valence-electron chi connectivity index (χ3n) is 5.03. The lowest BCUT2D eigenvalue weighted by molar-refractivity contribution is -0.126. The minimum absolute atomic E-state index is 0.00789. The molecule has 0 bridgehead atoms. The average molecular weight is 366 g/mol. The zero-order chi connectivity index (χ0) is 18.8. The highest BCUT2D eigenvalue weighted by Crippen LogP contribution is 2.32. The number of hydrogen-bond donors (Lipinski definition) is 1. The highest BCUT2D eigenvalue weighted by Gasteiger charge is 2.35. The molecule has 2 aliphatic heterocycles. The van der Waals surface area contributed by atoms with Crippen LogP contribution >= 0.6 is 0 Å². The van der Waals surface area contributed by atoms with Gasteiger partial charge in [0.15, 0.2) is 11.5 Å². The van der Waals surface area contributed by atoms with Crippen molar-refractivity contribution in [2.75, 3.05) is 18.2 Å². The molecule has 2 heterocycles. The lowest BCUT2D eigenvalue weighted by Gasteiger charge is -2.17. The number of carbonyl (C=O) groups excluding carboxylic acids is 2. The number of aryl methyl sites for hydroxylation is 1. The summed E-state index contributed by atoms with van der Waals surface area (Å²) in [4.78, 5) is 26.7. The van der Waals surface area contributed by atoms with Gasteiger partial charge in [-0.25, -0.2) is 0 Å². The molecule has 1 fully saturated rings. The van der Waals surface area contributed by atoms with E-state index in [1.807, 2.05) is 42.5 Å². The minimum Gasteiger partial charge on any atom is -0.454 e. The number of fused-ring (bicyclic) bond motifs is 1. The normalized spacial score (nSPS) is 18.0. The largest absolute Gasteiger partial charge is 0.454 e. The van der Waals surface area contributed by atoms with Gasteiger partial charge in [0.05, 0.1) is 5.92 Å². The molecule has 140 valence electrons. The van der Waals surface area contributed by atoms with Crippen LogP contribution < -0.4 is 19.7 Å². The van der Waals surface area contributed by atoms with E-state index in [-0.39, 0.29) is 30.9 Å². The van der Waals surface area contributed by atoms with E-state index in [1.165, 1.54) is 5.56 Å². The second-order valence-corrected chi connectivity index (χ2v) is 6.83. The Hall–Kier alpha value is -3.02. The molecule has 2 aromatic rings. The van der Waals surface area contributed by atoms with Gasteiger partial charge in [-0.3, -0.25) is 9.59 Å². The van der Waals surface area contributed by atoms with E-state index in [2.05, 4.69) is 12.2 Å². The Bertz CT molecular complexity index is 880. The number of amides is 2. The SMILES string of the molecule is CCc1cccc(N2C[C@@H](C(=O)NCc3ccc4c(c3)OCO4)CC2=O)c1. The standard InChI is InChI=1S/C21H22N2O4/c1-2-14-4-3-5-17(8-14)23-12-16(10-20(23)24)21(25)22-11-15-6-7-18-19(9-15)27-13-26-18/h3-9,16H,2,10-13H2,1H3,(H,22,25)/t16-/m0/s1. The van der Waals surface area contributed by atoms with Crippen molar-refractivity contribution < 1.29 is 19.1 Å². The Kier molecular flexibility index (Phi) is 4.71. The summed E-state index contributed by atoms with van der Waals surface area (Å²) in [7, 11) is 0. The summed E-state index contributed by atoms with van der Waals surface area (Å²) in [5.74, 6) is 0.967.